The average Bonchev–Trinajstić information content (AvgIpc) is 2.67. The van der Waals surface area contributed by atoms with E-state index in [0.717, 1.165) is 21.7 Å². The largest absolute Gasteiger partial charge is 0.350 e. The molecule has 1 N–H and O–H groups in total. The Morgan fingerprint density at radius 3 is 2.12 bits per heavy atom. The summed E-state index contributed by atoms with van der Waals surface area (Å²) in [4.78, 5) is 27.6. The third-order valence-corrected chi connectivity index (χ3v) is 6.28. The van der Waals surface area contributed by atoms with Gasteiger partial charge in [-0.1, -0.05) is 24.3 Å². The molecule has 9 heteroatoms. The summed E-state index contributed by atoms with van der Waals surface area (Å²) in [6, 6.07) is 10.3. The topological polar surface area (TPSA) is 86.8 Å². The van der Waals surface area contributed by atoms with Crippen molar-refractivity contribution in [1.82, 2.24) is 10.2 Å². The Morgan fingerprint density at radius 2 is 1.62 bits per heavy atom. The van der Waals surface area contributed by atoms with E-state index >= 15 is 0 Å². The molecule has 0 heterocycles. The van der Waals surface area contributed by atoms with Crippen molar-refractivity contribution in [3.05, 3.63) is 65.0 Å². The molecule has 0 radical (unpaired) electrons. The minimum Gasteiger partial charge on any atom is -0.350 e. The molecule has 1 atom stereocenters. The summed E-state index contributed by atoms with van der Waals surface area (Å²) in [5.41, 5.74) is 1.72. The summed E-state index contributed by atoms with van der Waals surface area (Å²) in [6.07, 6.45) is 1.02. The maximum Gasteiger partial charge on any atom is 0.244 e. The maximum atomic E-state index is 14.4. The Bertz CT molecular complexity index is 1140. The van der Waals surface area contributed by atoms with Gasteiger partial charge >= 0.3 is 0 Å². The molecule has 0 unspecified atom stereocenters. The number of nitrogens with one attached hydrogen (secondary N) is 1. The first kappa shape index (κ1) is 27.3. The molecule has 0 bridgehead atoms. The maximum absolute atomic E-state index is 14.4. The van der Waals surface area contributed by atoms with Crippen LogP contribution in [-0.2, 0) is 26.2 Å². The van der Waals surface area contributed by atoms with Gasteiger partial charge in [0.1, 0.15) is 18.4 Å². The molecule has 2 amide bonds. The normalized spacial score (nSPS) is 12.7. The molecule has 0 spiro atoms. The number of anilines is 1. The minimum absolute atomic E-state index is 0.186. The summed E-state index contributed by atoms with van der Waals surface area (Å²) in [6.45, 7) is 9.94. The van der Waals surface area contributed by atoms with Gasteiger partial charge in [0.25, 0.3) is 0 Å². The second-order valence-corrected chi connectivity index (χ2v) is 11.6. The van der Waals surface area contributed by atoms with Crippen molar-refractivity contribution in [2.45, 2.75) is 59.7 Å². The fraction of sp³-hybridized carbons (Fsp3) is 0.440. The molecule has 0 aliphatic heterocycles. The molecule has 0 aromatic heterocycles. The number of aryl methyl sites for hydroxylation is 2. The minimum atomic E-state index is -3.82. The van der Waals surface area contributed by atoms with Crippen molar-refractivity contribution in [2.24, 2.45) is 0 Å². The lowest BCUT2D eigenvalue weighted by Crippen LogP contribution is -2.54. The molecule has 2 aromatic carbocycles. The lowest BCUT2D eigenvalue weighted by atomic mass is 10.1. The summed E-state index contributed by atoms with van der Waals surface area (Å²) in [5.74, 6) is -1.56. The lowest BCUT2D eigenvalue weighted by Gasteiger charge is -2.33. The zero-order chi connectivity index (χ0) is 25.8. The first-order valence-electron chi connectivity index (χ1n) is 11.0. The Labute approximate surface area is 202 Å². The van der Waals surface area contributed by atoms with Gasteiger partial charge in [0.15, 0.2) is 0 Å². The van der Waals surface area contributed by atoms with E-state index in [0.29, 0.717) is 5.69 Å². The van der Waals surface area contributed by atoms with Gasteiger partial charge in [0.05, 0.1) is 11.9 Å². The number of hydrogen-bond donors (Lipinski definition) is 1. The van der Waals surface area contributed by atoms with E-state index in [1.807, 2.05) is 40.7 Å². The number of nitrogens with zero attached hydrogens (tertiary/aromatic N) is 2. The summed E-state index contributed by atoms with van der Waals surface area (Å²) < 4.78 is 40.7. The smallest absolute Gasteiger partial charge is 0.244 e. The van der Waals surface area contributed by atoms with Gasteiger partial charge in [-0.05, 0) is 70.9 Å². The highest BCUT2D eigenvalue weighted by Crippen LogP contribution is 2.22. The highest BCUT2D eigenvalue weighted by molar-refractivity contribution is 7.92. The summed E-state index contributed by atoms with van der Waals surface area (Å²) in [7, 11) is -3.82. The van der Waals surface area contributed by atoms with E-state index < -0.39 is 45.8 Å². The second-order valence-electron chi connectivity index (χ2n) is 9.64. The Balaban J connectivity index is 2.45. The second kappa shape index (κ2) is 10.5. The number of sulfonamides is 1. The van der Waals surface area contributed by atoms with Crippen LogP contribution in [0.1, 0.15) is 44.4 Å². The van der Waals surface area contributed by atoms with Crippen LogP contribution in [0, 0.1) is 19.7 Å². The fourth-order valence-electron chi connectivity index (χ4n) is 3.58. The van der Waals surface area contributed by atoms with Crippen LogP contribution in [0.3, 0.4) is 0 Å². The molecule has 186 valence electrons. The standard InChI is InChI=1S/C25H34FN3O4S/c1-17-12-18(2)14-21(13-17)29(34(7,32)33)16-23(30)28(15-20-10-8-9-11-22(20)26)19(3)24(31)27-25(4,5)6/h8-14,19H,15-16H2,1-7H3,(H,27,31)/t19-/m1/s1. The van der Waals surface area contributed by atoms with E-state index in [4.69, 9.17) is 0 Å². The van der Waals surface area contributed by atoms with Crippen LogP contribution in [-0.4, -0.2) is 49.5 Å². The number of amides is 2. The van der Waals surface area contributed by atoms with Gasteiger partial charge in [-0.15, -0.1) is 0 Å². The summed E-state index contributed by atoms with van der Waals surface area (Å²) in [5, 5.41) is 2.83. The Morgan fingerprint density at radius 1 is 1.06 bits per heavy atom. The first-order valence-corrected chi connectivity index (χ1v) is 12.8. The molecule has 0 fully saturated rings. The molecular weight excluding hydrogens is 457 g/mol. The number of halogens is 1. The Kier molecular flexibility index (Phi) is 8.47. The van der Waals surface area contributed by atoms with Crippen LogP contribution in [0.5, 0.6) is 0 Å². The zero-order valence-corrected chi connectivity index (χ0v) is 21.7. The molecule has 0 saturated heterocycles. The van der Waals surface area contributed by atoms with Gasteiger partial charge in [-0.2, -0.15) is 0 Å². The van der Waals surface area contributed by atoms with Crippen molar-refractivity contribution >= 4 is 27.5 Å². The lowest BCUT2D eigenvalue weighted by molar-refractivity contribution is -0.140. The summed E-state index contributed by atoms with van der Waals surface area (Å²) >= 11 is 0. The van der Waals surface area contributed by atoms with Crippen LogP contribution in [0.25, 0.3) is 0 Å². The molecule has 0 saturated carbocycles. The van der Waals surface area contributed by atoms with Crippen LogP contribution in [0.15, 0.2) is 42.5 Å². The van der Waals surface area contributed by atoms with E-state index in [2.05, 4.69) is 5.32 Å². The van der Waals surface area contributed by atoms with Crippen molar-refractivity contribution in [3.8, 4) is 0 Å². The number of carbonyl (C=O) groups is 2. The van der Waals surface area contributed by atoms with E-state index in [-0.39, 0.29) is 12.1 Å². The third-order valence-electron chi connectivity index (χ3n) is 5.14. The Hall–Kier alpha value is -2.94. The van der Waals surface area contributed by atoms with E-state index in [1.54, 1.807) is 25.1 Å². The van der Waals surface area contributed by atoms with Gasteiger partial charge < -0.3 is 10.2 Å². The van der Waals surface area contributed by atoms with Crippen LogP contribution < -0.4 is 9.62 Å². The van der Waals surface area contributed by atoms with Crippen LogP contribution in [0.4, 0.5) is 10.1 Å². The predicted molar refractivity (Wildman–Crippen MR) is 132 cm³/mol. The molecule has 0 aliphatic carbocycles. The molecule has 2 aromatic rings. The average molecular weight is 492 g/mol. The van der Waals surface area contributed by atoms with E-state index in [9.17, 15) is 22.4 Å². The fourth-order valence-corrected chi connectivity index (χ4v) is 4.41. The number of carbonyl (C=O) groups excluding carboxylic acids is 2. The molecule has 0 aliphatic rings. The van der Waals surface area contributed by atoms with Crippen molar-refractivity contribution < 1.29 is 22.4 Å². The van der Waals surface area contributed by atoms with Gasteiger partial charge in [-0.3, -0.25) is 13.9 Å². The number of rotatable bonds is 8. The molecule has 7 nitrogen and oxygen atoms in total. The molecule has 2 rings (SSSR count). The predicted octanol–water partition coefficient (Wildman–Crippen LogP) is 3.54. The quantitative estimate of drug-likeness (QED) is 0.612. The SMILES string of the molecule is Cc1cc(C)cc(N(CC(=O)N(Cc2ccccc2F)[C@H](C)C(=O)NC(C)(C)C)S(C)(=O)=O)c1. The van der Waals surface area contributed by atoms with Gasteiger partial charge in [0.2, 0.25) is 21.8 Å². The molecule has 34 heavy (non-hydrogen) atoms. The van der Waals surface area contributed by atoms with Crippen LogP contribution in [0.2, 0.25) is 0 Å². The third kappa shape index (κ3) is 7.55. The van der Waals surface area contributed by atoms with Crippen molar-refractivity contribution in [2.75, 3.05) is 17.1 Å². The van der Waals surface area contributed by atoms with Gasteiger partial charge in [-0.25, -0.2) is 12.8 Å². The first-order chi connectivity index (χ1) is 15.6. The number of benzene rings is 2. The van der Waals surface area contributed by atoms with Gasteiger partial charge in [0, 0.05) is 17.6 Å². The van der Waals surface area contributed by atoms with Crippen LogP contribution >= 0.6 is 0 Å². The van der Waals surface area contributed by atoms with Crippen molar-refractivity contribution in [3.63, 3.8) is 0 Å². The highest BCUT2D eigenvalue weighted by Gasteiger charge is 2.31. The monoisotopic (exact) mass is 491 g/mol. The van der Waals surface area contributed by atoms with E-state index in [1.165, 1.54) is 23.1 Å². The number of hydrogen-bond acceptors (Lipinski definition) is 4. The highest BCUT2D eigenvalue weighted by atomic mass is 32.2. The van der Waals surface area contributed by atoms with Crippen molar-refractivity contribution in [1.29, 1.82) is 0 Å². The molecular formula is C25H34FN3O4S. The zero-order valence-electron chi connectivity index (χ0n) is 20.8.